The average Bonchev–Trinajstić information content (AvgIpc) is 2.75. The number of nitrogens with two attached hydrogens (primary N) is 1. The summed E-state index contributed by atoms with van der Waals surface area (Å²) in [6, 6.07) is 7.84. The molecule has 0 aliphatic carbocycles. The normalized spacial score (nSPS) is 11.1. The van der Waals surface area contributed by atoms with Crippen LogP contribution in [0.15, 0.2) is 39.9 Å². The number of nitrogens with one attached hydrogen (secondary N) is 2. The topological polar surface area (TPSA) is 101 Å². The molecule has 1 heterocycles. The summed E-state index contributed by atoms with van der Waals surface area (Å²) in [4.78, 5) is 11.0. The van der Waals surface area contributed by atoms with E-state index < -0.39 is 10.0 Å². The molecule has 0 saturated heterocycles. The Labute approximate surface area is 120 Å². The van der Waals surface area contributed by atoms with Crippen LogP contribution in [0.3, 0.4) is 0 Å². The smallest absolute Gasteiger partial charge is 0.271 e. The predicted octanol–water partition coefficient (Wildman–Crippen LogP) is 2.09. The second kappa shape index (κ2) is 5.51. The molecule has 4 N–H and O–H groups in total. The zero-order valence-electron chi connectivity index (χ0n) is 10.6. The predicted molar refractivity (Wildman–Crippen MR) is 80.3 cm³/mol. The van der Waals surface area contributed by atoms with E-state index in [0.29, 0.717) is 17.1 Å². The van der Waals surface area contributed by atoms with Crippen LogP contribution in [0.1, 0.15) is 6.92 Å². The van der Waals surface area contributed by atoms with Crippen molar-refractivity contribution >= 4 is 44.3 Å². The van der Waals surface area contributed by atoms with Crippen molar-refractivity contribution in [2.24, 2.45) is 0 Å². The van der Waals surface area contributed by atoms with Crippen LogP contribution in [0.2, 0.25) is 0 Å². The number of hydrogen-bond acceptors (Lipinski definition) is 5. The molecule has 2 rings (SSSR count). The van der Waals surface area contributed by atoms with Crippen LogP contribution in [-0.2, 0) is 14.8 Å². The van der Waals surface area contributed by atoms with Gasteiger partial charge in [-0.1, -0.05) is 6.07 Å². The summed E-state index contributed by atoms with van der Waals surface area (Å²) in [5, 5.41) is 4.14. The van der Waals surface area contributed by atoms with Crippen LogP contribution >= 0.6 is 11.3 Å². The maximum Gasteiger partial charge on any atom is 0.271 e. The van der Waals surface area contributed by atoms with Gasteiger partial charge in [-0.05, 0) is 24.3 Å². The van der Waals surface area contributed by atoms with Gasteiger partial charge in [0, 0.05) is 23.7 Å². The lowest BCUT2D eigenvalue weighted by Gasteiger charge is -2.08. The van der Waals surface area contributed by atoms with Gasteiger partial charge >= 0.3 is 0 Å². The van der Waals surface area contributed by atoms with Crippen molar-refractivity contribution in [3.05, 3.63) is 35.7 Å². The van der Waals surface area contributed by atoms with Gasteiger partial charge in [-0.3, -0.25) is 9.52 Å². The van der Waals surface area contributed by atoms with Crippen molar-refractivity contribution in [3.8, 4) is 0 Å². The molecule has 0 atom stereocenters. The summed E-state index contributed by atoms with van der Waals surface area (Å²) in [5.74, 6) is -0.226. The first-order valence-corrected chi connectivity index (χ1v) is 7.97. The Bertz CT molecular complexity index is 738. The van der Waals surface area contributed by atoms with Crippen molar-refractivity contribution in [1.82, 2.24) is 0 Å². The molecule has 0 radical (unpaired) electrons. The molecular weight excluding hydrogens is 298 g/mol. The van der Waals surface area contributed by atoms with Gasteiger partial charge < -0.3 is 11.1 Å². The summed E-state index contributed by atoms with van der Waals surface area (Å²) >= 11 is 1.05. The number of nitrogen functional groups attached to an aromatic ring is 1. The minimum Gasteiger partial charge on any atom is -0.398 e. The highest BCUT2D eigenvalue weighted by Crippen LogP contribution is 2.25. The molecule has 106 valence electrons. The summed E-state index contributed by atoms with van der Waals surface area (Å²) < 4.78 is 26.8. The minimum atomic E-state index is -3.66. The standard InChI is InChI=1S/C12H13N3O3S2/c1-8(16)14-10-3-2-4-11(6-10)15-20(17,18)12-5-9(13)7-19-12/h2-7,15H,13H2,1H3,(H,14,16). The Morgan fingerprint density at radius 1 is 1.25 bits per heavy atom. The van der Waals surface area contributed by atoms with Crippen molar-refractivity contribution in [3.63, 3.8) is 0 Å². The number of carbonyl (C=O) groups is 1. The summed E-state index contributed by atoms with van der Waals surface area (Å²) in [5.41, 5.74) is 6.80. The first-order chi connectivity index (χ1) is 9.37. The quantitative estimate of drug-likeness (QED) is 0.804. The second-order valence-corrected chi connectivity index (χ2v) is 6.89. The van der Waals surface area contributed by atoms with Crippen molar-refractivity contribution in [1.29, 1.82) is 0 Å². The molecule has 2 aromatic rings. The van der Waals surface area contributed by atoms with E-state index in [9.17, 15) is 13.2 Å². The third-order valence-corrected chi connectivity index (χ3v) is 5.13. The first-order valence-electron chi connectivity index (χ1n) is 5.61. The fraction of sp³-hybridized carbons (Fsp3) is 0.0833. The first kappa shape index (κ1) is 14.4. The van der Waals surface area contributed by atoms with E-state index >= 15 is 0 Å². The molecular formula is C12H13N3O3S2. The van der Waals surface area contributed by atoms with Gasteiger partial charge in [-0.15, -0.1) is 11.3 Å². The SMILES string of the molecule is CC(=O)Nc1cccc(NS(=O)(=O)c2cc(N)cs2)c1. The number of amides is 1. The summed E-state index contributed by atoms with van der Waals surface area (Å²) in [6.07, 6.45) is 0. The number of thiophene rings is 1. The Hall–Kier alpha value is -2.06. The summed E-state index contributed by atoms with van der Waals surface area (Å²) in [6.45, 7) is 1.38. The van der Waals surface area contributed by atoms with E-state index in [1.807, 2.05) is 0 Å². The average molecular weight is 311 g/mol. The fourth-order valence-corrected chi connectivity index (χ4v) is 3.67. The van der Waals surface area contributed by atoms with Gasteiger partial charge in [0.15, 0.2) is 0 Å². The Morgan fingerprint density at radius 2 is 1.95 bits per heavy atom. The number of carbonyl (C=O) groups excluding carboxylic acids is 1. The molecule has 6 nitrogen and oxygen atoms in total. The zero-order valence-corrected chi connectivity index (χ0v) is 12.2. The lowest BCUT2D eigenvalue weighted by molar-refractivity contribution is -0.114. The van der Waals surface area contributed by atoms with Gasteiger partial charge in [0.2, 0.25) is 5.91 Å². The van der Waals surface area contributed by atoms with Gasteiger partial charge in [0.05, 0.1) is 5.69 Å². The van der Waals surface area contributed by atoms with Gasteiger partial charge in [0.1, 0.15) is 4.21 Å². The Kier molecular flexibility index (Phi) is 3.96. The van der Waals surface area contributed by atoms with E-state index in [0.717, 1.165) is 11.3 Å². The Morgan fingerprint density at radius 3 is 2.55 bits per heavy atom. The molecule has 1 amide bonds. The molecule has 0 spiro atoms. The number of anilines is 3. The lowest BCUT2D eigenvalue weighted by Crippen LogP contribution is -2.12. The molecule has 1 aromatic carbocycles. The van der Waals surface area contributed by atoms with E-state index in [2.05, 4.69) is 10.0 Å². The van der Waals surface area contributed by atoms with Gasteiger partial charge in [0.25, 0.3) is 10.0 Å². The van der Waals surface area contributed by atoms with E-state index in [1.165, 1.54) is 19.1 Å². The molecule has 8 heteroatoms. The van der Waals surface area contributed by atoms with E-state index in [-0.39, 0.29) is 10.1 Å². The second-order valence-electron chi connectivity index (χ2n) is 4.07. The third kappa shape index (κ3) is 3.49. The van der Waals surface area contributed by atoms with Crippen LogP contribution in [0.25, 0.3) is 0 Å². The number of rotatable bonds is 4. The number of benzene rings is 1. The third-order valence-electron chi connectivity index (χ3n) is 2.30. The van der Waals surface area contributed by atoms with Crippen molar-refractivity contribution < 1.29 is 13.2 Å². The molecule has 0 fully saturated rings. The number of hydrogen-bond donors (Lipinski definition) is 3. The molecule has 0 aliphatic rings. The van der Waals surface area contributed by atoms with Crippen LogP contribution in [0.4, 0.5) is 17.1 Å². The Balaban J connectivity index is 2.23. The van der Waals surface area contributed by atoms with Crippen LogP contribution in [-0.4, -0.2) is 14.3 Å². The maximum atomic E-state index is 12.1. The van der Waals surface area contributed by atoms with Crippen LogP contribution in [0.5, 0.6) is 0 Å². The minimum absolute atomic E-state index is 0.139. The van der Waals surface area contributed by atoms with Gasteiger partial charge in [-0.25, -0.2) is 8.42 Å². The van der Waals surface area contributed by atoms with Crippen LogP contribution in [0, 0.1) is 0 Å². The molecule has 0 bridgehead atoms. The highest BCUT2D eigenvalue weighted by Gasteiger charge is 2.16. The molecule has 1 aromatic heterocycles. The van der Waals surface area contributed by atoms with E-state index in [4.69, 9.17) is 5.73 Å². The molecule has 0 aliphatic heterocycles. The number of sulfonamides is 1. The van der Waals surface area contributed by atoms with Crippen LogP contribution < -0.4 is 15.8 Å². The lowest BCUT2D eigenvalue weighted by atomic mass is 10.3. The highest BCUT2D eigenvalue weighted by atomic mass is 32.2. The zero-order chi connectivity index (χ0) is 14.8. The summed E-state index contributed by atoms with van der Waals surface area (Å²) in [7, 11) is -3.66. The molecule has 0 saturated carbocycles. The van der Waals surface area contributed by atoms with Crippen molar-refractivity contribution in [2.75, 3.05) is 15.8 Å². The van der Waals surface area contributed by atoms with Gasteiger partial charge in [-0.2, -0.15) is 0 Å². The largest absolute Gasteiger partial charge is 0.398 e. The monoisotopic (exact) mass is 311 g/mol. The van der Waals surface area contributed by atoms with Crippen molar-refractivity contribution in [2.45, 2.75) is 11.1 Å². The van der Waals surface area contributed by atoms with E-state index in [1.54, 1.807) is 23.6 Å². The fourth-order valence-electron chi connectivity index (χ4n) is 1.54. The molecule has 20 heavy (non-hydrogen) atoms. The highest BCUT2D eigenvalue weighted by molar-refractivity contribution is 7.94. The molecule has 0 unspecified atom stereocenters. The maximum absolute atomic E-state index is 12.1.